The van der Waals surface area contributed by atoms with Crippen molar-refractivity contribution in [3.63, 3.8) is 0 Å². The molecule has 0 aliphatic rings. The summed E-state index contributed by atoms with van der Waals surface area (Å²) >= 11 is 0. The van der Waals surface area contributed by atoms with Crippen molar-refractivity contribution in [2.75, 3.05) is 7.11 Å². The lowest BCUT2D eigenvalue weighted by atomic mass is 10.1. The Morgan fingerprint density at radius 1 is 1.16 bits per heavy atom. The van der Waals surface area contributed by atoms with Crippen LogP contribution in [0.2, 0.25) is 0 Å². The number of aromatic nitrogens is 5. The molecule has 4 rings (SSSR count). The molecule has 0 aliphatic heterocycles. The highest BCUT2D eigenvalue weighted by atomic mass is 16.5. The van der Waals surface area contributed by atoms with Gasteiger partial charge in [0.05, 0.1) is 10.9 Å². The van der Waals surface area contributed by atoms with Gasteiger partial charge in [0, 0.05) is 26.0 Å². The molecule has 0 saturated heterocycles. The third kappa shape index (κ3) is 2.89. The van der Waals surface area contributed by atoms with E-state index in [1.54, 1.807) is 28.6 Å². The SMILES string of the molecule is COCc1nc2ncc3c(=O)n(CCc4ccccc4)ccc3n2n1. The predicted octanol–water partition coefficient (Wildman–Crippen LogP) is 1.83. The fourth-order valence-corrected chi connectivity index (χ4v) is 2.86. The quantitative estimate of drug-likeness (QED) is 0.556. The van der Waals surface area contributed by atoms with Crippen LogP contribution in [0.3, 0.4) is 0 Å². The van der Waals surface area contributed by atoms with E-state index in [1.807, 2.05) is 24.3 Å². The van der Waals surface area contributed by atoms with E-state index in [2.05, 4.69) is 27.2 Å². The van der Waals surface area contributed by atoms with Gasteiger partial charge in [0.25, 0.3) is 11.3 Å². The van der Waals surface area contributed by atoms with E-state index < -0.39 is 0 Å². The van der Waals surface area contributed by atoms with Crippen molar-refractivity contribution in [3.8, 4) is 0 Å². The molecule has 0 bridgehead atoms. The largest absolute Gasteiger partial charge is 0.377 e. The molecule has 0 unspecified atom stereocenters. The van der Waals surface area contributed by atoms with Gasteiger partial charge in [-0.3, -0.25) is 4.79 Å². The lowest BCUT2D eigenvalue weighted by Gasteiger charge is -2.07. The van der Waals surface area contributed by atoms with Crippen LogP contribution in [0, 0.1) is 0 Å². The molecule has 7 nitrogen and oxygen atoms in total. The first-order valence-electron chi connectivity index (χ1n) is 8.03. The van der Waals surface area contributed by atoms with Crippen LogP contribution in [0.5, 0.6) is 0 Å². The summed E-state index contributed by atoms with van der Waals surface area (Å²) < 4.78 is 8.35. The monoisotopic (exact) mass is 335 g/mol. The van der Waals surface area contributed by atoms with E-state index >= 15 is 0 Å². The van der Waals surface area contributed by atoms with Gasteiger partial charge in [0.2, 0.25) is 0 Å². The molecule has 7 heteroatoms. The Hall–Kier alpha value is -3.06. The molecule has 0 aliphatic carbocycles. The molecule has 0 fully saturated rings. The maximum Gasteiger partial charge on any atom is 0.261 e. The zero-order valence-electron chi connectivity index (χ0n) is 13.8. The smallest absolute Gasteiger partial charge is 0.261 e. The molecule has 4 aromatic rings. The van der Waals surface area contributed by atoms with Crippen molar-refractivity contribution in [3.05, 3.63) is 70.5 Å². The topological polar surface area (TPSA) is 74.3 Å². The molecule has 0 atom stereocenters. The van der Waals surface area contributed by atoms with Crippen molar-refractivity contribution in [2.24, 2.45) is 0 Å². The second-order valence-corrected chi connectivity index (χ2v) is 5.78. The molecule has 25 heavy (non-hydrogen) atoms. The lowest BCUT2D eigenvalue weighted by Crippen LogP contribution is -2.21. The molecule has 0 radical (unpaired) electrons. The maximum absolute atomic E-state index is 12.8. The van der Waals surface area contributed by atoms with Gasteiger partial charge in [0.1, 0.15) is 6.61 Å². The Bertz CT molecular complexity index is 1090. The summed E-state index contributed by atoms with van der Waals surface area (Å²) in [6, 6.07) is 12.0. The minimum atomic E-state index is -0.0772. The van der Waals surface area contributed by atoms with E-state index in [0.717, 1.165) is 6.42 Å². The third-order valence-electron chi connectivity index (χ3n) is 4.11. The number of fused-ring (bicyclic) bond motifs is 3. The Morgan fingerprint density at radius 3 is 2.80 bits per heavy atom. The summed E-state index contributed by atoms with van der Waals surface area (Å²) in [6.07, 6.45) is 4.16. The third-order valence-corrected chi connectivity index (χ3v) is 4.11. The standard InChI is InChI=1S/C18H17N5O2/c1-25-12-16-20-18-19-11-14-15(23(18)21-16)8-10-22(17(14)24)9-7-13-5-3-2-4-6-13/h2-6,8,10-11H,7,9,12H2,1H3. The first-order chi connectivity index (χ1) is 12.3. The summed E-state index contributed by atoms with van der Waals surface area (Å²) in [5, 5.41) is 4.89. The van der Waals surface area contributed by atoms with Gasteiger partial charge in [-0.25, -0.2) is 4.98 Å². The lowest BCUT2D eigenvalue weighted by molar-refractivity contribution is 0.178. The van der Waals surface area contributed by atoms with Crippen molar-refractivity contribution < 1.29 is 4.74 Å². The molecule has 0 amide bonds. The van der Waals surface area contributed by atoms with Gasteiger partial charge in [-0.1, -0.05) is 30.3 Å². The average Bonchev–Trinajstić information content (AvgIpc) is 3.05. The predicted molar refractivity (Wildman–Crippen MR) is 93.4 cm³/mol. The minimum Gasteiger partial charge on any atom is -0.377 e. The van der Waals surface area contributed by atoms with Gasteiger partial charge in [-0.15, -0.1) is 5.10 Å². The highest BCUT2D eigenvalue weighted by Crippen LogP contribution is 2.11. The second kappa shape index (κ2) is 6.45. The zero-order valence-corrected chi connectivity index (χ0v) is 13.8. The van der Waals surface area contributed by atoms with Crippen LogP contribution in [0.1, 0.15) is 11.4 Å². The number of pyridine rings is 1. The zero-order chi connectivity index (χ0) is 17.2. The summed E-state index contributed by atoms with van der Waals surface area (Å²) in [5.74, 6) is 0.997. The Kier molecular flexibility index (Phi) is 3.99. The van der Waals surface area contributed by atoms with Crippen molar-refractivity contribution in [1.29, 1.82) is 0 Å². The fourth-order valence-electron chi connectivity index (χ4n) is 2.86. The van der Waals surface area contributed by atoms with E-state index in [4.69, 9.17) is 4.74 Å². The summed E-state index contributed by atoms with van der Waals surface area (Å²) in [4.78, 5) is 21.3. The summed E-state index contributed by atoms with van der Waals surface area (Å²) in [5.41, 5.74) is 1.82. The van der Waals surface area contributed by atoms with Crippen LogP contribution < -0.4 is 5.56 Å². The molecular formula is C18H17N5O2. The first-order valence-corrected chi connectivity index (χ1v) is 8.03. The minimum absolute atomic E-state index is 0.0772. The molecule has 126 valence electrons. The second-order valence-electron chi connectivity index (χ2n) is 5.78. The van der Waals surface area contributed by atoms with Crippen molar-refractivity contribution in [1.82, 2.24) is 24.1 Å². The maximum atomic E-state index is 12.8. The molecule has 0 saturated carbocycles. The number of methoxy groups -OCH3 is 1. The van der Waals surface area contributed by atoms with Crippen LogP contribution in [0.15, 0.2) is 53.6 Å². The van der Waals surface area contributed by atoms with Crippen LogP contribution in [-0.4, -0.2) is 31.3 Å². The average molecular weight is 335 g/mol. The molecule has 0 spiro atoms. The molecular weight excluding hydrogens is 318 g/mol. The molecule has 1 aromatic carbocycles. The van der Waals surface area contributed by atoms with Crippen LogP contribution in [0.4, 0.5) is 0 Å². The Balaban J connectivity index is 1.72. The first kappa shape index (κ1) is 15.5. The van der Waals surface area contributed by atoms with E-state index in [-0.39, 0.29) is 5.56 Å². The summed E-state index contributed by atoms with van der Waals surface area (Å²) in [6.45, 7) is 0.919. The van der Waals surface area contributed by atoms with Crippen LogP contribution in [0.25, 0.3) is 16.7 Å². The number of aryl methyl sites for hydroxylation is 2. The fraction of sp³-hybridized carbons (Fsp3) is 0.222. The number of nitrogens with zero attached hydrogens (tertiary/aromatic N) is 5. The van der Waals surface area contributed by atoms with E-state index in [9.17, 15) is 4.79 Å². The number of ether oxygens (including phenoxy) is 1. The number of hydrogen-bond donors (Lipinski definition) is 0. The summed E-state index contributed by atoms with van der Waals surface area (Å²) in [7, 11) is 1.59. The van der Waals surface area contributed by atoms with Gasteiger partial charge in [-0.05, 0) is 18.1 Å². The number of rotatable bonds is 5. The van der Waals surface area contributed by atoms with Gasteiger partial charge in [-0.2, -0.15) is 9.50 Å². The van der Waals surface area contributed by atoms with E-state index in [0.29, 0.717) is 35.7 Å². The molecule has 0 N–H and O–H groups in total. The van der Waals surface area contributed by atoms with Crippen LogP contribution >= 0.6 is 0 Å². The van der Waals surface area contributed by atoms with Crippen molar-refractivity contribution >= 4 is 16.7 Å². The number of benzene rings is 1. The highest BCUT2D eigenvalue weighted by molar-refractivity contribution is 5.78. The Labute approximate surface area is 143 Å². The highest BCUT2D eigenvalue weighted by Gasteiger charge is 2.11. The molecule has 3 aromatic heterocycles. The number of hydrogen-bond acceptors (Lipinski definition) is 5. The normalized spacial score (nSPS) is 11.4. The van der Waals surface area contributed by atoms with Gasteiger partial charge < -0.3 is 9.30 Å². The Morgan fingerprint density at radius 2 is 2.00 bits per heavy atom. The van der Waals surface area contributed by atoms with Crippen LogP contribution in [-0.2, 0) is 24.3 Å². The van der Waals surface area contributed by atoms with Gasteiger partial charge in [0.15, 0.2) is 5.82 Å². The van der Waals surface area contributed by atoms with E-state index in [1.165, 1.54) is 5.56 Å². The molecule has 3 heterocycles. The van der Waals surface area contributed by atoms with Crippen molar-refractivity contribution in [2.45, 2.75) is 19.6 Å². The van der Waals surface area contributed by atoms with Gasteiger partial charge >= 0.3 is 0 Å².